The van der Waals surface area contributed by atoms with Crippen molar-refractivity contribution in [3.05, 3.63) is 0 Å². The zero-order chi connectivity index (χ0) is 7.98. The highest BCUT2D eigenvalue weighted by Crippen LogP contribution is 1.91. The van der Waals surface area contributed by atoms with Crippen LogP contribution in [0.25, 0.3) is 0 Å². The van der Waals surface area contributed by atoms with Gasteiger partial charge in [-0.1, -0.05) is 6.92 Å². The maximum absolute atomic E-state index is 10.5. The molecule has 4 heteroatoms. The number of ether oxygens (including phenoxy) is 1. The zero-order valence-corrected chi connectivity index (χ0v) is 6.69. The van der Waals surface area contributed by atoms with Crippen LogP contribution in [0, 0.1) is 0 Å². The summed E-state index contributed by atoms with van der Waals surface area (Å²) in [7, 11) is 0. The molecule has 0 saturated carbocycles. The van der Waals surface area contributed by atoms with E-state index < -0.39 is 11.9 Å². The van der Waals surface area contributed by atoms with Gasteiger partial charge < -0.3 is 4.74 Å². The van der Waals surface area contributed by atoms with Crippen molar-refractivity contribution in [1.82, 2.24) is 0 Å². The lowest BCUT2D eigenvalue weighted by Gasteiger charge is -1.97. The minimum Gasteiger partial charge on any atom is -0.393 e. The van der Waals surface area contributed by atoms with Crippen LogP contribution in [0.15, 0.2) is 0 Å². The first kappa shape index (κ1) is 9.49. The second kappa shape index (κ2) is 5.29. The van der Waals surface area contributed by atoms with Gasteiger partial charge in [0.05, 0.1) is 6.42 Å². The van der Waals surface area contributed by atoms with Crippen LogP contribution in [0.2, 0.25) is 0 Å². The standard InChI is InChI=1S/C6H10O3S/c1-2-5(7)9-6(8)3-4-10/h10H,2-4H2,1H3. The van der Waals surface area contributed by atoms with Crippen molar-refractivity contribution in [2.45, 2.75) is 19.8 Å². The van der Waals surface area contributed by atoms with Gasteiger partial charge in [-0.3, -0.25) is 9.59 Å². The van der Waals surface area contributed by atoms with Crippen LogP contribution in [0.4, 0.5) is 0 Å². The minimum atomic E-state index is -0.498. The molecule has 0 N–H and O–H groups in total. The molecule has 0 spiro atoms. The van der Waals surface area contributed by atoms with E-state index in [1.54, 1.807) is 6.92 Å². The van der Waals surface area contributed by atoms with Gasteiger partial charge in [0.25, 0.3) is 0 Å². The van der Waals surface area contributed by atoms with Gasteiger partial charge in [-0.25, -0.2) is 0 Å². The lowest BCUT2D eigenvalue weighted by Crippen LogP contribution is -2.11. The Hall–Kier alpha value is -0.510. The summed E-state index contributed by atoms with van der Waals surface area (Å²) in [6.07, 6.45) is 0.424. The molecule has 58 valence electrons. The number of carbonyl (C=O) groups excluding carboxylic acids is 2. The molecule has 0 aliphatic heterocycles. The Labute approximate surface area is 65.2 Å². The lowest BCUT2D eigenvalue weighted by molar-refractivity contribution is -0.159. The first-order chi connectivity index (χ1) is 4.70. The molecule has 0 atom stereocenters. The number of thiol groups is 1. The van der Waals surface area contributed by atoms with Gasteiger partial charge in [0.1, 0.15) is 0 Å². The molecule has 0 fully saturated rings. The van der Waals surface area contributed by atoms with E-state index in [0.717, 1.165) is 0 Å². The highest BCUT2D eigenvalue weighted by atomic mass is 32.1. The average molecular weight is 162 g/mol. The van der Waals surface area contributed by atoms with E-state index in [4.69, 9.17) is 0 Å². The van der Waals surface area contributed by atoms with Gasteiger partial charge in [0.2, 0.25) is 0 Å². The highest BCUT2D eigenvalue weighted by Gasteiger charge is 2.05. The van der Waals surface area contributed by atoms with Crippen molar-refractivity contribution < 1.29 is 14.3 Å². The molecular formula is C6H10O3S. The van der Waals surface area contributed by atoms with E-state index in [1.165, 1.54) is 0 Å². The van der Waals surface area contributed by atoms with Crippen LogP contribution in [0.5, 0.6) is 0 Å². The predicted molar refractivity (Wildman–Crippen MR) is 39.9 cm³/mol. The predicted octanol–water partition coefficient (Wildman–Crippen LogP) is 0.786. The first-order valence-corrected chi connectivity index (χ1v) is 3.68. The summed E-state index contributed by atoms with van der Waals surface area (Å²) >= 11 is 3.80. The topological polar surface area (TPSA) is 43.4 Å². The Bertz CT molecular complexity index is 133. The summed E-state index contributed by atoms with van der Waals surface area (Å²) in [6, 6.07) is 0. The smallest absolute Gasteiger partial charge is 0.314 e. The molecular weight excluding hydrogens is 152 g/mol. The van der Waals surface area contributed by atoms with Crippen LogP contribution >= 0.6 is 12.6 Å². The average Bonchev–Trinajstić information content (AvgIpc) is 1.88. The van der Waals surface area contributed by atoms with E-state index in [2.05, 4.69) is 17.4 Å². The lowest BCUT2D eigenvalue weighted by atomic mass is 10.5. The molecule has 0 heterocycles. The molecule has 10 heavy (non-hydrogen) atoms. The van der Waals surface area contributed by atoms with Gasteiger partial charge in [-0.15, -0.1) is 0 Å². The maximum Gasteiger partial charge on any atom is 0.314 e. The van der Waals surface area contributed by atoms with Crippen molar-refractivity contribution in [1.29, 1.82) is 0 Å². The normalized spacial score (nSPS) is 9.00. The molecule has 0 saturated heterocycles. The Balaban J connectivity index is 3.47. The van der Waals surface area contributed by atoms with Gasteiger partial charge in [-0.05, 0) is 0 Å². The van der Waals surface area contributed by atoms with Crippen LogP contribution in [0.3, 0.4) is 0 Å². The number of esters is 2. The molecule has 0 aliphatic carbocycles. The van der Waals surface area contributed by atoms with Crippen molar-refractivity contribution in [2.24, 2.45) is 0 Å². The first-order valence-electron chi connectivity index (χ1n) is 3.05. The molecule has 0 unspecified atom stereocenters. The highest BCUT2D eigenvalue weighted by molar-refractivity contribution is 7.80. The van der Waals surface area contributed by atoms with E-state index in [-0.39, 0.29) is 12.8 Å². The minimum absolute atomic E-state index is 0.189. The third-order valence-corrected chi connectivity index (χ3v) is 1.06. The second-order valence-electron chi connectivity index (χ2n) is 1.67. The van der Waals surface area contributed by atoms with Crippen LogP contribution in [-0.2, 0) is 14.3 Å². The van der Waals surface area contributed by atoms with Gasteiger partial charge in [0, 0.05) is 12.2 Å². The number of hydrogen-bond acceptors (Lipinski definition) is 4. The zero-order valence-electron chi connectivity index (χ0n) is 5.79. The summed E-state index contributed by atoms with van der Waals surface area (Å²) < 4.78 is 4.31. The van der Waals surface area contributed by atoms with Crippen LogP contribution in [0.1, 0.15) is 19.8 Å². The van der Waals surface area contributed by atoms with Crippen molar-refractivity contribution in [3.8, 4) is 0 Å². The van der Waals surface area contributed by atoms with Gasteiger partial charge in [0.15, 0.2) is 0 Å². The van der Waals surface area contributed by atoms with E-state index in [1.807, 2.05) is 0 Å². The van der Waals surface area contributed by atoms with E-state index >= 15 is 0 Å². The third-order valence-electron chi connectivity index (χ3n) is 0.832. The van der Waals surface area contributed by atoms with Crippen LogP contribution in [-0.4, -0.2) is 17.7 Å². The fourth-order valence-electron chi connectivity index (χ4n) is 0.341. The number of rotatable bonds is 3. The Kier molecular flexibility index (Phi) is 5.02. The van der Waals surface area contributed by atoms with E-state index in [0.29, 0.717) is 5.75 Å². The molecule has 0 amide bonds. The Morgan fingerprint density at radius 3 is 2.40 bits per heavy atom. The fourth-order valence-corrected chi connectivity index (χ4v) is 0.524. The molecule has 3 nitrogen and oxygen atoms in total. The molecule has 0 bridgehead atoms. The molecule has 0 rings (SSSR count). The fraction of sp³-hybridized carbons (Fsp3) is 0.667. The van der Waals surface area contributed by atoms with Crippen molar-refractivity contribution in [2.75, 3.05) is 5.75 Å². The third kappa shape index (κ3) is 4.38. The largest absolute Gasteiger partial charge is 0.393 e. The van der Waals surface area contributed by atoms with Gasteiger partial charge >= 0.3 is 11.9 Å². The SMILES string of the molecule is CCC(=O)OC(=O)CCS. The van der Waals surface area contributed by atoms with Gasteiger partial charge in [-0.2, -0.15) is 12.6 Å². The quantitative estimate of drug-likeness (QED) is 0.379. The second-order valence-corrected chi connectivity index (χ2v) is 2.12. The van der Waals surface area contributed by atoms with Crippen LogP contribution < -0.4 is 0 Å². The Morgan fingerprint density at radius 1 is 1.40 bits per heavy atom. The van der Waals surface area contributed by atoms with Crippen molar-refractivity contribution >= 4 is 24.6 Å². The van der Waals surface area contributed by atoms with E-state index in [9.17, 15) is 9.59 Å². The summed E-state index contributed by atoms with van der Waals surface area (Å²) in [5, 5.41) is 0. The van der Waals surface area contributed by atoms with Crippen molar-refractivity contribution in [3.63, 3.8) is 0 Å². The number of hydrogen-bond donors (Lipinski definition) is 1. The summed E-state index contributed by atoms with van der Waals surface area (Å²) in [5.74, 6) is -0.566. The summed E-state index contributed by atoms with van der Waals surface area (Å²) in [4.78, 5) is 20.9. The molecule has 0 radical (unpaired) electrons. The molecule has 0 aliphatic rings. The number of carbonyl (C=O) groups is 2. The maximum atomic E-state index is 10.5. The Morgan fingerprint density at radius 2 is 2.00 bits per heavy atom. The molecule has 0 aromatic rings. The monoisotopic (exact) mass is 162 g/mol. The summed E-state index contributed by atoms with van der Waals surface area (Å²) in [6.45, 7) is 1.64. The molecule has 0 aromatic heterocycles. The summed E-state index contributed by atoms with van der Waals surface area (Å²) in [5.41, 5.74) is 0. The molecule has 0 aromatic carbocycles.